The van der Waals surface area contributed by atoms with Crippen LogP contribution in [0.3, 0.4) is 0 Å². The van der Waals surface area contributed by atoms with Gasteiger partial charge in [-0.25, -0.2) is 0 Å². The predicted molar refractivity (Wildman–Crippen MR) is 49.0 cm³/mol. The lowest BCUT2D eigenvalue weighted by Crippen LogP contribution is -2.30. The quantitative estimate of drug-likeness (QED) is 0.374. The second kappa shape index (κ2) is 3.87. The lowest BCUT2D eigenvalue weighted by Gasteiger charge is -2.02. The van der Waals surface area contributed by atoms with E-state index in [9.17, 15) is 5.21 Å². The Morgan fingerprint density at radius 2 is 2.50 bits per heavy atom. The topological polar surface area (TPSA) is 65.0 Å². The summed E-state index contributed by atoms with van der Waals surface area (Å²) in [5.74, 6) is 0. The van der Waals surface area contributed by atoms with Crippen LogP contribution in [0.1, 0.15) is 5.56 Å². The summed E-state index contributed by atoms with van der Waals surface area (Å²) in [5, 5.41) is 13.7. The van der Waals surface area contributed by atoms with E-state index in [0.717, 1.165) is 10.3 Å². The summed E-state index contributed by atoms with van der Waals surface area (Å²) in [6.07, 6.45) is 2.88. The summed E-state index contributed by atoms with van der Waals surface area (Å²) in [6.45, 7) is 0.485. The maximum absolute atomic E-state index is 10.8. The number of hydrogen-bond donors (Lipinski definition) is 2. The van der Waals surface area contributed by atoms with Crippen LogP contribution < -0.4 is 15.8 Å². The highest BCUT2D eigenvalue weighted by molar-refractivity contribution is 7.80. The van der Waals surface area contributed by atoms with Crippen molar-refractivity contribution in [3.8, 4) is 0 Å². The molecule has 0 aromatic carbocycles. The van der Waals surface area contributed by atoms with Gasteiger partial charge in [-0.1, -0.05) is 0 Å². The van der Waals surface area contributed by atoms with Crippen LogP contribution in [-0.4, -0.2) is 5.11 Å². The van der Waals surface area contributed by atoms with Crippen molar-refractivity contribution in [1.29, 1.82) is 0 Å². The van der Waals surface area contributed by atoms with Crippen LogP contribution in [0.25, 0.3) is 0 Å². The molecular formula is C7H9N3OS. The molecule has 0 amide bonds. The highest BCUT2D eigenvalue weighted by Gasteiger charge is 1.96. The molecule has 0 unspecified atom stereocenters. The Hall–Kier alpha value is -1.36. The highest BCUT2D eigenvalue weighted by Crippen LogP contribution is 1.92. The summed E-state index contributed by atoms with van der Waals surface area (Å²) >= 11 is 4.61. The molecule has 1 rings (SSSR count). The predicted octanol–water partition coefficient (Wildman–Crippen LogP) is -0.347. The van der Waals surface area contributed by atoms with Crippen molar-refractivity contribution in [2.75, 3.05) is 0 Å². The Kier molecular flexibility index (Phi) is 2.82. The van der Waals surface area contributed by atoms with Gasteiger partial charge in [-0.3, -0.25) is 0 Å². The molecule has 12 heavy (non-hydrogen) atoms. The van der Waals surface area contributed by atoms with E-state index in [1.165, 1.54) is 12.4 Å². The van der Waals surface area contributed by atoms with Gasteiger partial charge in [-0.15, -0.1) is 0 Å². The maximum Gasteiger partial charge on any atom is 0.185 e. The Balaban J connectivity index is 2.57. The van der Waals surface area contributed by atoms with Crippen LogP contribution in [0.4, 0.5) is 0 Å². The van der Waals surface area contributed by atoms with E-state index in [-0.39, 0.29) is 5.11 Å². The monoisotopic (exact) mass is 183 g/mol. The third kappa shape index (κ3) is 2.71. The second-order valence-corrected chi connectivity index (χ2v) is 2.73. The average Bonchev–Trinajstić information content (AvgIpc) is 2.01. The third-order valence-corrected chi connectivity index (χ3v) is 1.45. The molecule has 5 heteroatoms. The molecule has 1 aromatic rings. The first-order valence-corrected chi connectivity index (χ1v) is 3.80. The smallest absolute Gasteiger partial charge is 0.185 e. The molecule has 0 saturated heterocycles. The molecule has 1 aromatic heterocycles. The van der Waals surface area contributed by atoms with Crippen LogP contribution in [-0.2, 0) is 6.54 Å². The van der Waals surface area contributed by atoms with Gasteiger partial charge in [-0.05, 0) is 18.3 Å². The molecule has 0 spiro atoms. The Labute approximate surface area is 75.6 Å². The summed E-state index contributed by atoms with van der Waals surface area (Å²) in [5.41, 5.74) is 6.06. The van der Waals surface area contributed by atoms with Gasteiger partial charge >= 0.3 is 0 Å². The fourth-order valence-electron chi connectivity index (χ4n) is 0.795. The zero-order chi connectivity index (χ0) is 8.97. The first kappa shape index (κ1) is 8.73. The summed E-state index contributed by atoms with van der Waals surface area (Å²) in [6, 6.07) is 3.49. The molecule has 0 aliphatic carbocycles. The van der Waals surface area contributed by atoms with Gasteiger partial charge in [-0.2, -0.15) is 4.73 Å². The molecule has 0 saturated carbocycles. The molecule has 0 bridgehead atoms. The summed E-state index contributed by atoms with van der Waals surface area (Å²) in [7, 11) is 0. The van der Waals surface area contributed by atoms with Crippen LogP contribution in [0.2, 0.25) is 0 Å². The Morgan fingerprint density at radius 1 is 1.75 bits per heavy atom. The Morgan fingerprint density at radius 3 is 3.08 bits per heavy atom. The normalized spacial score (nSPS) is 9.33. The number of nitrogens with two attached hydrogens (primary N) is 1. The molecule has 64 valence electrons. The van der Waals surface area contributed by atoms with Crippen LogP contribution in [0.15, 0.2) is 24.5 Å². The van der Waals surface area contributed by atoms with Gasteiger partial charge in [0.1, 0.15) is 0 Å². The lowest BCUT2D eigenvalue weighted by atomic mass is 10.3. The molecule has 3 N–H and O–H groups in total. The number of thiocarbonyl (C=S) groups is 1. The van der Waals surface area contributed by atoms with Crippen molar-refractivity contribution >= 4 is 17.3 Å². The average molecular weight is 183 g/mol. The number of rotatable bonds is 2. The SMILES string of the molecule is NC(=S)NCc1ccc[n+]([O-])c1. The zero-order valence-electron chi connectivity index (χ0n) is 6.36. The Bertz CT molecular complexity index is 290. The van der Waals surface area contributed by atoms with E-state index in [2.05, 4.69) is 17.5 Å². The van der Waals surface area contributed by atoms with Crippen molar-refractivity contribution in [2.24, 2.45) is 5.73 Å². The number of aromatic nitrogens is 1. The third-order valence-electron chi connectivity index (χ3n) is 1.30. The molecule has 0 aliphatic heterocycles. The van der Waals surface area contributed by atoms with E-state index in [0.29, 0.717) is 6.54 Å². The van der Waals surface area contributed by atoms with E-state index in [4.69, 9.17) is 5.73 Å². The van der Waals surface area contributed by atoms with Gasteiger partial charge in [0.15, 0.2) is 17.5 Å². The first-order chi connectivity index (χ1) is 5.68. The number of nitrogens with zero attached hydrogens (tertiary/aromatic N) is 1. The van der Waals surface area contributed by atoms with Gasteiger partial charge in [0.25, 0.3) is 0 Å². The van der Waals surface area contributed by atoms with E-state index in [1.54, 1.807) is 6.07 Å². The molecule has 0 atom stereocenters. The minimum Gasteiger partial charge on any atom is -0.619 e. The summed E-state index contributed by atoms with van der Waals surface area (Å²) in [4.78, 5) is 0. The zero-order valence-corrected chi connectivity index (χ0v) is 7.17. The van der Waals surface area contributed by atoms with E-state index in [1.807, 2.05) is 6.07 Å². The maximum atomic E-state index is 10.8. The van der Waals surface area contributed by atoms with E-state index < -0.39 is 0 Å². The standard InChI is InChI=1S/C7H9N3OS/c8-7(12)9-4-6-2-1-3-10(11)5-6/h1-3,5H,4H2,(H3,8,9,12). The largest absolute Gasteiger partial charge is 0.619 e. The van der Waals surface area contributed by atoms with Crippen LogP contribution >= 0.6 is 12.2 Å². The van der Waals surface area contributed by atoms with Crippen molar-refractivity contribution in [2.45, 2.75) is 6.54 Å². The number of hydrogen-bond acceptors (Lipinski definition) is 2. The molecule has 1 heterocycles. The minimum atomic E-state index is 0.233. The molecule has 0 aliphatic rings. The first-order valence-electron chi connectivity index (χ1n) is 3.39. The van der Waals surface area contributed by atoms with Crippen molar-refractivity contribution < 1.29 is 4.73 Å². The van der Waals surface area contributed by atoms with Gasteiger partial charge in [0, 0.05) is 18.2 Å². The van der Waals surface area contributed by atoms with Crippen molar-refractivity contribution in [3.63, 3.8) is 0 Å². The van der Waals surface area contributed by atoms with Gasteiger partial charge in [0.2, 0.25) is 0 Å². The van der Waals surface area contributed by atoms with Gasteiger partial charge < -0.3 is 16.3 Å². The molecule has 4 nitrogen and oxygen atoms in total. The van der Waals surface area contributed by atoms with Gasteiger partial charge in [0.05, 0.1) is 0 Å². The fraction of sp³-hybridized carbons (Fsp3) is 0.143. The van der Waals surface area contributed by atoms with Crippen molar-refractivity contribution in [1.82, 2.24) is 5.32 Å². The van der Waals surface area contributed by atoms with E-state index >= 15 is 0 Å². The molecule has 0 fully saturated rings. The summed E-state index contributed by atoms with van der Waals surface area (Å²) < 4.78 is 0.733. The van der Waals surface area contributed by atoms with Crippen LogP contribution in [0.5, 0.6) is 0 Å². The highest BCUT2D eigenvalue weighted by atomic mass is 32.1. The lowest BCUT2D eigenvalue weighted by molar-refractivity contribution is -0.605. The second-order valence-electron chi connectivity index (χ2n) is 2.29. The molecular weight excluding hydrogens is 174 g/mol. The fourth-order valence-corrected chi connectivity index (χ4v) is 0.867. The minimum absolute atomic E-state index is 0.233. The molecule has 0 radical (unpaired) electrons. The van der Waals surface area contributed by atoms with Crippen LogP contribution in [0, 0.1) is 5.21 Å². The van der Waals surface area contributed by atoms with Crippen molar-refractivity contribution in [3.05, 3.63) is 35.3 Å². The number of nitrogens with one attached hydrogen (secondary N) is 1. The number of pyridine rings is 1.